The Labute approximate surface area is 115 Å². The molecule has 0 atom stereocenters. The molecule has 1 aliphatic rings. The fraction of sp³-hybridized carbons (Fsp3) is 0.533. The first-order chi connectivity index (χ1) is 9.19. The topological polar surface area (TPSA) is 58.4 Å². The second-order valence-corrected chi connectivity index (χ2v) is 5.39. The molecule has 3 N–H and O–H groups in total. The molecule has 19 heavy (non-hydrogen) atoms. The molecule has 104 valence electrons. The van der Waals surface area contributed by atoms with Crippen molar-refractivity contribution in [1.82, 2.24) is 10.2 Å². The lowest BCUT2D eigenvalue weighted by atomic mass is 10.1. The van der Waals surface area contributed by atoms with E-state index in [0.29, 0.717) is 13.1 Å². The second-order valence-electron chi connectivity index (χ2n) is 5.39. The van der Waals surface area contributed by atoms with Gasteiger partial charge in [-0.15, -0.1) is 0 Å². The number of hydrogen-bond acceptors (Lipinski definition) is 3. The van der Waals surface area contributed by atoms with Crippen LogP contribution in [0.15, 0.2) is 24.3 Å². The molecule has 0 heterocycles. The van der Waals surface area contributed by atoms with Gasteiger partial charge in [0.25, 0.3) is 0 Å². The Hall–Kier alpha value is -1.39. The van der Waals surface area contributed by atoms with Crippen molar-refractivity contribution >= 4 is 5.91 Å². The molecular formula is C15H23N3O. The van der Waals surface area contributed by atoms with E-state index in [1.54, 1.807) is 0 Å². The molecule has 4 heteroatoms. The fourth-order valence-electron chi connectivity index (χ4n) is 2.14. The van der Waals surface area contributed by atoms with Crippen LogP contribution < -0.4 is 11.1 Å². The molecule has 0 saturated heterocycles. The molecule has 0 aliphatic heterocycles. The molecule has 1 fully saturated rings. The Morgan fingerprint density at radius 1 is 1.37 bits per heavy atom. The van der Waals surface area contributed by atoms with Gasteiger partial charge in [-0.25, -0.2) is 0 Å². The van der Waals surface area contributed by atoms with E-state index in [1.165, 1.54) is 18.4 Å². The summed E-state index contributed by atoms with van der Waals surface area (Å²) in [6, 6.07) is 8.11. The van der Waals surface area contributed by atoms with Gasteiger partial charge in [-0.3, -0.25) is 9.69 Å². The van der Waals surface area contributed by atoms with Gasteiger partial charge in [0, 0.05) is 19.6 Å². The zero-order valence-corrected chi connectivity index (χ0v) is 11.6. The van der Waals surface area contributed by atoms with E-state index in [2.05, 4.69) is 11.4 Å². The number of carbonyl (C=O) groups is 1. The molecule has 1 amide bonds. The predicted octanol–water partition coefficient (Wildman–Crippen LogP) is 1.10. The molecule has 1 aromatic carbocycles. The minimum absolute atomic E-state index is 0.111. The van der Waals surface area contributed by atoms with Gasteiger partial charge in [0.1, 0.15) is 0 Å². The normalized spacial score (nSPS) is 14.7. The summed E-state index contributed by atoms with van der Waals surface area (Å²) in [4.78, 5) is 13.8. The minimum atomic E-state index is 0.111. The first kappa shape index (κ1) is 14.0. The van der Waals surface area contributed by atoms with E-state index in [0.717, 1.165) is 24.6 Å². The van der Waals surface area contributed by atoms with Crippen molar-refractivity contribution in [2.45, 2.75) is 25.9 Å². The number of hydrogen-bond donors (Lipinski definition) is 2. The third-order valence-electron chi connectivity index (χ3n) is 3.48. The average molecular weight is 261 g/mol. The van der Waals surface area contributed by atoms with Gasteiger partial charge < -0.3 is 11.1 Å². The predicted molar refractivity (Wildman–Crippen MR) is 76.4 cm³/mol. The van der Waals surface area contributed by atoms with E-state index < -0.39 is 0 Å². The Balaban J connectivity index is 1.78. The van der Waals surface area contributed by atoms with Crippen LogP contribution in [0.5, 0.6) is 0 Å². The lowest BCUT2D eigenvalue weighted by Crippen LogP contribution is -2.36. The second kappa shape index (κ2) is 6.68. The smallest absolute Gasteiger partial charge is 0.234 e. The van der Waals surface area contributed by atoms with Crippen LogP contribution in [0, 0.1) is 5.92 Å². The molecule has 2 rings (SSSR count). The molecular weight excluding hydrogens is 238 g/mol. The molecule has 4 nitrogen and oxygen atoms in total. The van der Waals surface area contributed by atoms with E-state index in [9.17, 15) is 4.79 Å². The highest BCUT2D eigenvalue weighted by atomic mass is 16.2. The monoisotopic (exact) mass is 261 g/mol. The van der Waals surface area contributed by atoms with Crippen molar-refractivity contribution in [3.05, 3.63) is 35.4 Å². The maximum Gasteiger partial charge on any atom is 0.234 e. The van der Waals surface area contributed by atoms with E-state index in [-0.39, 0.29) is 5.91 Å². The molecule has 0 unspecified atom stereocenters. The van der Waals surface area contributed by atoms with Crippen LogP contribution in [-0.2, 0) is 17.9 Å². The number of amides is 1. The SMILES string of the molecule is CN(CC(=O)NCC1CC1)Cc1ccccc1CN. The van der Waals surface area contributed by atoms with Crippen LogP contribution in [0.4, 0.5) is 0 Å². The average Bonchev–Trinajstić information content (AvgIpc) is 3.21. The van der Waals surface area contributed by atoms with Crippen molar-refractivity contribution in [2.75, 3.05) is 20.1 Å². The largest absolute Gasteiger partial charge is 0.355 e. The summed E-state index contributed by atoms with van der Waals surface area (Å²) in [5.74, 6) is 0.840. The summed E-state index contributed by atoms with van der Waals surface area (Å²) in [6.07, 6.45) is 2.53. The Morgan fingerprint density at radius 3 is 2.68 bits per heavy atom. The maximum atomic E-state index is 11.8. The van der Waals surface area contributed by atoms with Crippen LogP contribution in [0.2, 0.25) is 0 Å². The zero-order valence-electron chi connectivity index (χ0n) is 11.6. The van der Waals surface area contributed by atoms with Gasteiger partial charge >= 0.3 is 0 Å². The molecule has 1 saturated carbocycles. The lowest BCUT2D eigenvalue weighted by Gasteiger charge is -2.18. The summed E-state index contributed by atoms with van der Waals surface area (Å²) in [6.45, 7) is 2.57. The van der Waals surface area contributed by atoms with E-state index >= 15 is 0 Å². The molecule has 1 aromatic rings. The molecule has 0 aromatic heterocycles. The number of carbonyl (C=O) groups excluding carboxylic acids is 1. The van der Waals surface area contributed by atoms with Crippen LogP contribution in [0.3, 0.4) is 0 Å². The number of nitrogens with two attached hydrogens (primary N) is 1. The van der Waals surface area contributed by atoms with Crippen LogP contribution in [-0.4, -0.2) is 30.9 Å². The number of rotatable bonds is 7. The van der Waals surface area contributed by atoms with Gasteiger partial charge in [-0.05, 0) is 36.9 Å². The van der Waals surface area contributed by atoms with Gasteiger partial charge in [-0.1, -0.05) is 24.3 Å². The van der Waals surface area contributed by atoms with Gasteiger partial charge in [0.15, 0.2) is 0 Å². The Kier molecular flexibility index (Phi) is 4.93. The molecule has 0 spiro atoms. The number of nitrogens with zero attached hydrogens (tertiary/aromatic N) is 1. The zero-order chi connectivity index (χ0) is 13.7. The summed E-state index contributed by atoms with van der Waals surface area (Å²) >= 11 is 0. The standard InChI is InChI=1S/C15H23N3O/c1-18(11-15(19)17-9-12-6-7-12)10-14-5-3-2-4-13(14)8-16/h2-5,12H,6-11,16H2,1H3,(H,17,19). The Bertz CT molecular complexity index is 429. The van der Waals surface area contributed by atoms with Crippen LogP contribution in [0.25, 0.3) is 0 Å². The minimum Gasteiger partial charge on any atom is -0.355 e. The van der Waals surface area contributed by atoms with Gasteiger partial charge in [-0.2, -0.15) is 0 Å². The highest BCUT2D eigenvalue weighted by Crippen LogP contribution is 2.27. The summed E-state index contributed by atoms with van der Waals surface area (Å²) in [7, 11) is 1.96. The number of benzene rings is 1. The fourth-order valence-corrected chi connectivity index (χ4v) is 2.14. The van der Waals surface area contributed by atoms with Crippen molar-refractivity contribution < 1.29 is 4.79 Å². The highest BCUT2D eigenvalue weighted by Gasteiger charge is 2.21. The number of nitrogens with one attached hydrogen (secondary N) is 1. The van der Waals surface area contributed by atoms with Crippen molar-refractivity contribution in [3.8, 4) is 0 Å². The van der Waals surface area contributed by atoms with Crippen LogP contribution >= 0.6 is 0 Å². The third kappa shape index (κ3) is 4.65. The van der Waals surface area contributed by atoms with Crippen molar-refractivity contribution in [3.63, 3.8) is 0 Å². The number of likely N-dealkylation sites (N-methyl/N-ethyl adjacent to an activating group) is 1. The maximum absolute atomic E-state index is 11.8. The molecule has 0 bridgehead atoms. The van der Waals surface area contributed by atoms with E-state index in [1.807, 2.05) is 30.1 Å². The summed E-state index contributed by atoms with van der Waals surface area (Å²) < 4.78 is 0. The van der Waals surface area contributed by atoms with Gasteiger partial charge in [0.05, 0.1) is 6.54 Å². The summed E-state index contributed by atoms with van der Waals surface area (Å²) in [5, 5.41) is 2.98. The first-order valence-corrected chi connectivity index (χ1v) is 6.91. The molecule has 0 radical (unpaired) electrons. The first-order valence-electron chi connectivity index (χ1n) is 6.91. The van der Waals surface area contributed by atoms with Crippen molar-refractivity contribution in [2.24, 2.45) is 11.7 Å². The summed E-state index contributed by atoms with van der Waals surface area (Å²) in [5.41, 5.74) is 8.06. The van der Waals surface area contributed by atoms with Crippen molar-refractivity contribution in [1.29, 1.82) is 0 Å². The van der Waals surface area contributed by atoms with E-state index in [4.69, 9.17) is 5.73 Å². The third-order valence-corrected chi connectivity index (χ3v) is 3.48. The highest BCUT2D eigenvalue weighted by molar-refractivity contribution is 5.78. The Morgan fingerprint density at radius 2 is 2.05 bits per heavy atom. The lowest BCUT2D eigenvalue weighted by molar-refractivity contribution is -0.122. The van der Waals surface area contributed by atoms with Gasteiger partial charge in [0.2, 0.25) is 5.91 Å². The molecule has 1 aliphatic carbocycles. The quantitative estimate of drug-likeness (QED) is 0.773. The van der Waals surface area contributed by atoms with Crippen LogP contribution in [0.1, 0.15) is 24.0 Å².